The molecule has 0 aliphatic heterocycles. The Morgan fingerprint density at radius 2 is 1.50 bits per heavy atom. The Bertz CT molecular complexity index is 753. The molecule has 0 aromatic heterocycles. The van der Waals surface area contributed by atoms with E-state index in [2.05, 4.69) is 6.92 Å². The topological polar surface area (TPSA) is 0 Å². The fraction of sp³-hybridized carbons (Fsp3) is 0.500. The maximum Gasteiger partial charge on any atom is 0.419 e. The summed E-state index contributed by atoms with van der Waals surface area (Å²) in [6, 6.07) is 11.0. The highest BCUT2D eigenvalue weighted by atomic mass is 19.4. The number of unbranched alkanes of at least 4 members (excludes halogenated alkanes) is 2. The van der Waals surface area contributed by atoms with Crippen LogP contribution in [0.5, 0.6) is 0 Å². The molecule has 1 aliphatic rings. The van der Waals surface area contributed by atoms with Crippen molar-refractivity contribution in [2.75, 3.05) is 0 Å². The molecular weight excluding hydrogens is 364 g/mol. The Balaban J connectivity index is 1.65. The zero-order valence-electron chi connectivity index (χ0n) is 16.4. The molecule has 28 heavy (non-hydrogen) atoms. The van der Waals surface area contributed by atoms with Crippen molar-refractivity contribution in [2.24, 2.45) is 5.92 Å². The van der Waals surface area contributed by atoms with Crippen LogP contribution in [0.1, 0.15) is 75.3 Å². The average molecular weight is 392 g/mol. The molecule has 0 spiro atoms. The first kappa shape index (κ1) is 20.9. The second-order valence-corrected chi connectivity index (χ2v) is 8.03. The predicted molar refractivity (Wildman–Crippen MR) is 106 cm³/mol. The average Bonchev–Trinajstić information content (AvgIpc) is 2.68. The molecule has 0 saturated heterocycles. The zero-order valence-corrected chi connectivity index (χ0v) is 16.4. The number of benzene rings is 2. The van der Waals surface area contributed by atoms with Gasteiger partial charge in [0, 0.05) is 0 Å². The summed E-state index contributed by atoms with van der Waals surface area (Å²) >= 11 is 0. The van der Waals surface area contributed by atoms with Crippen molar-refractivity contribution in [3.8, 4) is 11.1 Å². The van der Waals surface area contributed by atoms with Gasteiger partial charge in [-0.15, -0.1) is 0 Å². The van der Waals surface area contributed by atoms with E-state index in [1.54, 1.807) is 0 Å². The molecule has 3 rings (SSSR count). The summed E-state index contributed by atoms with van der Waals surface area (Å²) < 4.78 is 52.3. The van der Waals surface area contributed by atoms with Crippen LogP contribution in [0.25, 0.3) is 11.1 Å². The third kappa shape index (κ3) is 5.15. The van der Waals surface area contributed by atoms with Gasteiger partial charge in [0.2, 0.25) is 0 Å². The second-order valence-electron chi connectivity index (χ2n) is 8.03. The van der Waals surface area contributed by atoms with Crippen LogP contribution in [0.2, 0.25) is 0 Å². The first-order valence-corrected chi connectivity index (χ1v) is 10.4. The van der Waals surface area contributed by atoms with Gasteiger partial charge in [0.15, 0.2) is 0 Å². The van der Waals surface area contributed by atoms with Gasteiger partial charge in [-0.1, -0.05) is 62.9 Å². The van der Waals surface area contributed by atoms with Gasteiger partial charge in [0.1, 0.15) is 5.82 Å². The standard InChI is InChI=1S/C24H28F4/c1-2-3-4-5-17-6-8-18(9-7-17)19-10-12-20(13-11-19)21-14-15-23(25)22(16-21)24(26,27)28/h10-18H,2-9H2,1H3. The molecule has 0 atom stereocenters. The maximum absolute atomic E-state index is 13.5. The van der Waals surface area contributed by atoms with Crippen LogP contribution in [-0.4, -0.2) is 0 Å². The van der Waals surface area contributed by atoms with Gasteiger partial charge in [0.25, 0.3) is 0 Å². The zero-order chi connectivity index (χ0) is 20.1. The number of rotatable bonds is 6. The number of alkyl halides is 3. The van der Waals surface area contributed by atoms with Crippen molar-refractivity contribution in [1.82, 2.24) is 0 Å². The molecule has 1 fully saturated rings. The van der Waals surface area contributed by atoms with Crippen molar-refractivity contribution in [2.45, 2.75) is 70.4 Å². The minimum absolute atomic E-state index is 0.389. The van der Waals surface area contributed by atoms with E-state index in [0.717, 1.165) is 18.1 Å². The molecule has 1 aliphatic carbocycles. The Hall–Kier alpha value is -1.84. The van der Waals surface area contributed by atoms with E-state index in [4.69, 9.17) is 0 Å². The summed E-state index contributed by atoms with van der Waals surface area (Å²) in [7, 11) is 0. The van der Waals surface area contributed by atoms with Gasteiger partial charge in [-0.25, -0.2) is 4.39 Å². The lowest BCUT2D eigenvalue weighted by molar-refractivity contribution is -0.139. The van der Waals surface area contributed by atoms with E-state index in [9.17, 15) is 17.6 Å². The largest absolute Gasteiger partial charge is 0.419 e. The van der Waals surface area contributed by atoms with Crippen molar-refractivity contribution < 1.29 is 17.6 Å². The molecule has 0 bridgehead atoms. The summed E-state index contributed by atoms with van der Waals surface area (Å²) in [6.07, 6.45) is 5.47. The lowest BCUT2D eigenvalue weighted by Crippen LogP contribution is -2.13. The summed E-state index contributed by atoms with van der Waals surface area (Å²) in [5.41, 5.74) is 1.12. The Kier molecular flexibility index (Phi) is 6.79. The van der Waals surface area contributed by atoms with Gasteiger partial charge in [-0.3, -0.25) is 0 Å². The quantitative estimate of drug-likeness (QED) is 0.342. The van der Waals surface area contributed by atoms with E-state index in [-0.39, 0.29) is 0 Å². The van der Waals surface area contributed by atoms with Crippen LogP contribution in [0.15, 0.2) is 42.5 Å². The molecule has 4 heteroatoms. The highest BCUT2D eigenvalue weighted by molar-refractivity contribution is 5.65. The van der Waals surface area contributed by atoms with Crippen molar-refractivity contribution in [3.63, 3.8) is 0 Å². The first-order valence-electron chi connectivity index (χ1n) is 10.4. The summed E-state index contributed by atoms with van der Waals surface area (Å²) in [5, 5.41) is 0. The summed E-state index contributed by atoms with van der Waals surface area (Å²) in [6.45, 7) is 2.23. The van der Waals surface area contributed by atoms with E-state index in [1.807, 2.05) is 24.3 Å². The minimum atomic E-state index is -4.68. The lowest BCUT2D eigenvalue weighted by Gasteiger charge is -2.29. The molecule has 2 aromatic carbocycles. The van der Waals surface area contributed by atoms with Crippen LogP contribution in [0, 0.1) is 11.7 Å². The molecule has 152 valence electrons. The maximum atomic E-state index is 13.5. The van der Waals surface area contributed by atoms with Crippen LogP contribution >= 0.6 is 0 Å². The Morgan fingerprint density at radius 3 is 2.11 bits per heavy atom. The number of hydrogen-bond donors (Lipinski definition) is 0. The van der Waals surface area contributed by atoms with Crippen LogP contribution in [-0.2, 0) is 6.18 Å². The van der Waals surface area contributed by atoms with E-state index < -0.39 is 17.6 Å². The van der Waals surface area contributed by atoms with Crippen molar-refractivity contribution in [3.05, 3.63) is 59.4 Å². The highest BCUT2D eigenvalue weighted by Gasteiger charge is 2.34. The van der Waals surface area contributed by atoms with Gasteiger partial charge in [-0.2, -0.15) is 13.2 Å². The summed E-state index contributed by atoms with van der Waals surface area (Å²) in [4.78, 5) is 0. The van der Waals surface area contributed by atoms with Gasteiger partial charge in [-0.05, 0) is 66.3 Å². The third-order valence-corrected chi connectivity index (χ3v) is 6.05. The molecule has 0 amide bonds. The normalized spacial score (nSPS) is 20.3. The Labute approximate surface area is 165 Å². The molecule has 0 heterocycles. The summed E-state index contributed by atoms with van der Waals surface area (Å²) in [5.74, 6) is 0.154. The minimum Gasteiger partial charge on any atom is -0.206 e. The second kappa shape index (κ2) is 9.11. The van der Waals surface area contributed by atoms with Crippen LogP contribution < -0.4 is 0 Å². The fourth-order valence-corrected chi connectivity index (χ4v) is 4.34. The van der Waals surface area contributed by atoms with Crippen molar-refractivity contribution >= 4 is 0 Å². The molecule has 0 radical (unpaired) electrons. The third-order valence-electron chi connectivity index (χ3n) is 6.05. The molecule has 0 unspecified atom stereocenters. The molecule has 0 nitrogen and oxygen atoms in total. The number of halogens is 4. The van der Waals surface area contributed by atoms with Crippen molar-refractivity contribution in [1.29, 1.82) is 0 Å². The van der Waals surface area contributed by atoms with Gasteiger partial charge >= 0.3 is 6.18 Å². The van der Waals surface area contributed by atoms with E-state index >= 15 is 0 Å². The molecule has 2 aromatic rings. The predicted octanol–water partition coefficient (Wildman–Crippen LogP) is 8.37. The SMILES string of the molecule is CCCCCC1CCC(c2ccc(-c3ccc(F)c(C(F)(F)F)c3)cc2)CC1. The lowest BCUT2D eigenvalue weighted by atomic mass is 9.77. The smallest absolute Gasteiger partial charge is 0.206 e. The van der Waals surface area contributed by atoms with E-state index in [1.165, 1.54) is 63.0 Å². The monoisotopic (exact) mass is 392 g/mol. The number of hydrogen-bond acceptors (Lipinski definition) is 0. The Morgan fingerprint density at radius 1 is 0.857 bits per heavy atom. The molecule has 0 N–H and O–H groups in total. The van der Waals surface area contributed by atoms with Gasteiger partial charge in [0.05, 0.1) is 5.56 Å². The fourth-order valence-electron chi connectivity index (χ4n) is 4.34. The molecular formula is C24H28F4. The highest BCUT2D eigenvalue weighted by Crippen LogP contribution is 2.39. The van der Waals surface area contributed by atoms with E-state index in [0.29, 0.717) is 17.0 Å². The van der Waals surface area contributed by atoms with Crippen LogP contribution in [0.4, 0.5) is 17.6 Å². The first-order chi connectivity index (χ1) is 13.4. The van der Waals surface area contributed by atoms with Crippen LogP contribution in [0.3, 0.4) is 0 Å². The molecule has 1 saturated carbocycles. The van der Waals surface area contributed by atoms with Gasteiger partial charge < -0.3 is 0 Å².